The van der Waals surface area contributed by atoms with Crippen LogP contribution in [-0.4, -0.2) is 12.1 Å². The summed E-state index contributed by atoms with van der Waals surface area (Å²) in [6.45, 7) is 8.86. The molecule has 2 heteroatoms. The first-order valence-corrected chi connectivity index (χ1v) is 7.63. The number of rotatable bonds is 3. The largest absolute Gasteiger partial charge is 0.462 e. The lowest BCUT2D eigenvalue weighted by atomic mass is 9.70. The van der Waals surface area contributed by atoms with Gasteiger partial charge >= 0.3 is 5.97 Å². The summed E-state index contributed by atoms with van der Waals surface area (Å²) in [6, 6.07) is 0. The van der Waals surface area contributed by atoms with Crippen molar-refractivity contribution in [1.29, 1.82) is 0 Å². The van der Waals surface area contributed by atoms with E-state index in [-0.39, 0.29) is 17.5 Å². The van der Waals surface area contributed by atoms with Crippen molar-refractivity contribution in [3.63, 3.8) is 0 Å². The monoisotopic (exact) mass is 252 g/mol. The molecule has 0 aromatic rings. The quantitative estimate of drug-likeness (QED) is 0.704. The summed E-state index contributed by atoms with van der Waals surface area (Å²) in [5, 5.41) is 0. The van der Waals surface area contributed by atoms with Crippen molar-refractivity contribution >= 4 is 5.97 Å². The molecule has 18 heavy (non-hydrogen) atoms. The lowest BCUT2D eigenvalue weighted by Gasteiger charge is -2.41. The molecule has 0 saturated heterocycles. The molecule has 0 aromatic carbocycles. The average molecular weight is 252 g/mol. The first-order chi connectivity index (χ1) is 8.42. The van der Waals surface area contributed by atoms with Gasteiger partial charge in [0.25, 0.3) is 0 Å². The second kappa shape index (κ2) is 5.22. The molecule has 0 amide bonds. The average Bonchev–Trinajstić information content (AvgIpc) is 2.25. The molecule has 2 rings (SSSR count). The fourth-order valence-corrected chi connectivity index (χ4v) is 3.44. The van der Waals surface area contributed by atoms with E-state index >= 15 is 0 Å². The molecule has 0 radical (unpaired) electrons. The summed E-state index contributed by atoms with van der Waals surface area (Å²) in [4.78, 5) is 12.3. The summed E-state index contributed by atoms with van der Waals surface area (Å²) >= 11 is 0. The van der Waals surface area contributed by atoms with Gasteiger partial charge in [0.2, 0.25) is 0 Å². The highest BCUT2D eigenvalue weighted by Crippen LogP contribution is 2.43. The minimum absolute atomic E-state index is 0.0681. The number of hydrogen-bond donors (Lipinski definition) is 0. The van der Waals surface area contributed by atoms with Gasteiger partial charge in [-0.15, -0.1) is 0 Å². The topological polar surface area (TPSA) is 26.3 Å². The van der Waals surface area contributed by atoms with Crippen molar-refractivity contribution < 1.29 is 9.53 Å². The Balaban J connectivity index is 1.98. The molecule has 0 heterocycles. The van der Waals surface area contributed by atoms with E-state index in [0.717, 1.165) is 19.3 Å². The molecule has 2 aliphatic carbocycles. The van der Waals surface area contributed by atoms with Crippen LogP contribution in [0.3, 0.4) is 0 Å². The number of carbonyl (C=O) groups excluding carboxylic acids is 1. The highest BCUT2D eigenvalue weighted by molar-refractivity contribution is 5.77. The van der Waals surface area contributed by atoms with E-state index in [0.29, 0.717) is 17.8 Å². The molecule has 0 spiro atoms. The zero-order chi connectivity index (χ0) is 13.3. The third-order valence-corrected chi connectivity index (χ3v) is 5.17. The van der Waals surface area contributed by atoms with E-state index in [2.05, 4.69) is 27.7 Å². The molecular weight excluding hydrogens is 224 g/mol. The van der Waals surface area contributed by atoms with Gasteiger partial charge in [-0.25, -0.2) is 0 Å². The predicted octanol–water partition coefficient (Wildman–Crippen LogP) is 4.18. The van der Waals surface area contributed by atoms with Crippen LogP contribution < -0.4 is 0 Å². The second-order valence-corrected chi connectivity index (χ2v) is 7.18. The Bertz CT molecular complexity index is 304. The summed E-state index contributed by atoms with van der Waals surface area (Å²) in [5.41, 5.74) is -0.164. The zero-order valence-electron chi connectivity index (χ0n) is 12.4. The molecule has 2 aliphatic rings. The SMILES string of the molecule is CC1CCC(C(C)C)C(OC(=O)C2(C)CCC2)C1. The Kier molecular flexibility index (Phi) is 4.03. The van der Waals surface area contributed by atoms with Crippen LogP contribution in [0.2, 0.25) is 0 Å². The predicted molar refractivity (Wildman–Crippen MR) is 73.2 cm³/mol. The summed E-state index contributed by atoms with van der Waals surface area (Å²) in [5.74, 6) is 1.95. The van der Waals surface area contributed by atoms with Crippen LogP contribution in [0.1, 0.15) is 66.2 Å². The van der Waals surface area contributed by atoms with Gasteiger partial charge in [-0.1, -0.05) is 33.6 Å². The molecule has 3 atom stereocenters. The van der Waals surface area contributed by atoms with Crippen LogP contribution in [0.5, 0.6) is 0 Å². The van der Waals surface area contributed by atoms with Gasteiger partial charge in [0.05, 0.1) is 5.41 Å². The molecule has 3 unspecified atom stereocenters. The first-order valence-electron chi connectivity index (χ1n) is 7.63. The van der Waals surface area contributed by atoms with Gasteiger partial charge in [0.15, 0.2) is 0 Å². The maximum atomic E-state index is 12.3. The lowest BCUT2D eigenvalue weighted by Crippen LogP contribution is -2.42. The highest BCUT2D eigenvalue weighted by Gasteiger charge is 2.43. The zero-order valence-corrected chi connectivity index (χ0v) is 12.4. The van der Waals surface area contributed by atoms with E-state index in [1.54, 1.807) is 0 Å². The van der Waals surface area contributed by atoms with Crippen molar-refractivity contribution in [1.82, 2.24) is 0 Å². The smallest absolute Gasteiger partial charge is 0.312 e. The van der Waals surface area contributed by atoms with Crippen LogP contribution in [0, 0.1) is 23.2 Å². The van der Waals surface area contributed by atoms with Gasteiger partial charge in [-0.2, -0.15) is 0 Å². The maximum absolute atomic E-state index is 12.3. The fraction of sp³-hybridized carbons (Fsp3) is 0.938. The van der Waals surface area contributed by atoms with E-state index in [1.807, 2.05) is 0 Å². The third kappa shape index (κ3) is 2.73. The van der Waals surface area contributed by atoms with Crippen molar-refractivity contribution in [3.05, 3.63) is 0 Å². The molecule has 104 valence electrons. The molecule has 0 aromatic heterocycles. The Hall–Kier alpha value is -0.530. The Morgan fingerprint density at radius 2 is 1.94 bits per heavy atom. The van der Waals surface area contributed by atoms with Gasteiger partial charge in [0.1, 0.15) is 6.10 Å². The van der Waals surface area contributed by atoms with Crippen LogP contribution in [-0.2, 0) is 9.53 Å². The van der Waals surface area contributed by atoms with E-state index in [1.165, 1.54) is 19.3 Å². The van der Waals surface area contributed by atoms with Crippen molar-refractivity contribution in [2.24, 2.45) is 23.2 Å². The summed E-state index contributed by atoms with van der Waals surface area (Å²) in [6.07, 6.45) is 6.94. The summed E-state index contributed by atoms with van der Waals surface area (Å²) in [7, 11) is 0. The minimum atomic E-state index is -0.164. The van der Waals surface area contributed by atoms with E-state index < -0.39 is 0 Å². The molecule has 2 fully saturated rings. The minimum Gasteiger partial charge on any atom is -0.462 e. The number of carbonyl (C=O) groups is 1. The number of esters is 1. The lowest BCUT2D eigenvalue weighted by molar-refractivity contribution is -0.172. The molecule has 0 aliphatic heterocycles. The Morgan fingerprint density at radius 1 is 1.28 bits per heavy atom. The van der Waals surface area contributed by atoms with Crippen LogP contribution in [0.25, 0.3) is 0 Å². The number of ether oxygens (including phenoxy) is 1. The van der Waals surface area contributed by atoms with Crippen molar-refractivity contribution in [2.45, 2.75) is 72.3 Å². The van der Waals surface area contributed by atoms with Crippen molar-refractivity contribution in [2.75, 3.05) is 0 Å². The van der Waals surface area contributed by atoms with Gasteiger partial charge < -0.3 is 4.74 Å². The van der Waals surface area contributed by atoms with E-state index in [9.17, 15) is 4.79 Å². The van der Waals surface area contributed by atoms with Gasteiger partial charge in [0, 0.05) is 0 Å². The molecule has 0 bridgehead atoms. The molecular formula is C16H28O2. The highest BCUT2D eigenvalue weighted by atomic mass is 16.5. The van der Waals surface area contributed by atoms with Gasteiger partial charge in [-0.05, 0) is 50.4 Å². The first kappa shape index (κ1) is 13.9. The fourth-order valence-electron chi connectivity index (χ4n) is 3.44. The Morgan fingerprint density at radius 3 is 2.44 bits per heavy atom. The number of hydrogen-bond acceptors (Lipinski definition) is 2. The standard InChI is InChI=1S/C16H28O2/c1-11(2)13-7-6-12(3)10-14(13)18-15(17)16(4)8-5-9-16/h11-14H,5-10H2,1-4H3. The molecule has 0 N–H and O–H groups in total. The van der Waals surface area contributed by atoms with Crippen LogP contribution in [0.15, 0.2) is 0 Å². The second-order valence-electron chi connectivity index (χ2n) is 7.18. The Labute approximate surface area is 111 Å². The van der Waals surface area contributed by atoms with Crippen molar-refractivity contribution in [3.8, 4) is 0 Å². The molecule has 2 nitrogen and oxygen atoms in total. The van der Waals surface area contributed by atoms with Crippen LogP contribution in [0.4, 0.5) is 0 Å². The molecule has 2 saturated carbocycles. The van der Waals surface area contributed by atoms with E-state index in [4.69, 9.17) is 4.74 Å². The van der Waals surface area contributed by atoms with Crippen LogP contribution >= 0.6 is 0 Å². The van der Waals surface area contributed by atoms with Gasteiger partial charge in [-0.3, -0.25) is 4.79 Å². The third-order valence-electron chi connectivity index (χ3n) is 5.17. The summed E-state index contributed by atoms with van der Waals surface area (Å²) < 4.78 is 5.90. The maximum Gasteiger partial charge on any atom is 0.312 e. The normalized spacial score (nSPS) is 35.1.